The van der Waals surface area contributed by atoms with E-state index in [4.69, 9.17) is 4.74 Å². The molecule has 2 atom stereocenters. The van der Waals surface area contributed by atoms with Crippen LogP contribution in [-0.4, -0.2) is 35.7 Å². The highest BCUT2D eigenvalue weighted by molar-refractivity contribution is 5.91. The molecule has 0 radical (unpaired) electrons. The molecule has 6 nitrogen and oxygen atoms in total. The average molecular weight is 466 g/mol. The summed E-state index contributed by atoms with van der Waals surface area (Å²) in [5, 5.41) is 5.38. The third-order valence-electron chi connectivity index (χ3n) is 7.29. The van der Waals surface area contributed by atoms with Gasteiger partial charge >= 0.3 is 6.03 Å². The van der Waals surface area contributed by atoms with E-state index >= 15 is 0 Å². The molecule has 3 aromatic carbocycles. The maximum Gasteiger partial charge on any atom is 0.321 e. The number of hydrogen-bond acceptors (Lipinski definition) is 3. The fourth-order valence-corrected chi connectivity index (χ4v) is 5.72. The molecule has 2 aliphatic rings. The predicted octanol–water partition coefficient (Wildman–Crippen LogP) is 5.33. The van der Waals surface area contributed by atoms with Gasteiger partial charge < -0.3 is 19.5 Å². The number of urea groups is 1. The molecule has 0 aliphatic carbocycles. The van der Waals surface area contributed by atoms with Crippen LogP contribution in [0.25, 0.3) is 21.9 Å². The Labute approximate surface area is 203 Å². The average Bonchev–Trinajstić information content (AvgIpc) is 2.89. The summed E-state index contributed by atoms with van der Waals surface area (Å²) >= 11 is 0. The van der Waals surface area contributed by atoms with Crippen molar-refractivity contribution in [1.82, 2.24) is 9.47 Å². The number of nitrogens with zero attached hydrogens (tertiary/aromatic N) is 2. The molecule has 35 heavy (non-hydrogen) atoms. The first-order valence-electron chi connectivity index (χ1n) is 12.0. The van der Waals surface area contributed by atoms with E-state index in [1.165, 1.54) is 10.8 Å². The van der Waals surface area contributed by atoms with E-state index in [-0.39, 0.29) is 23.4 Å². The first kappa shape index (κ1) is 21.5. The molecule has 1 N–H and O–H groups in total. The van der Waals surface area contributed by atoms with Crippen molar-refractivity contribution in [3.63, 3.8) is 0 Å². The largest absolute Gasteiger partial charge is 0.495 e. The Bertz CT molecular complexity index is 1490. The predicted molar refractivity (Wildman–Crippen MR) is 138 cm³/mol. The maximum absolute atomic E-state index is 13.2. The molecule has 2 bridgehead atoms. The minimum absolute atomic E-state index is 0.0335. The van der Waals surface area contributed by atoms with Gasteiger partial charge in [0.2, 0.25) is 0 Å². The minimum Gasteiger partial charge on any atom is -0.495 e. The molecule has 0 unspecified atom stereocenters. The zero-order valence-electron chi connectivity index (χ0n) is 19.6. The van der Waals surface area contributed by atoms with Crippen LogP contribution < -0.4 is 15.6 Å². The van der Waals surface area contributed by atoms with Crippen molar-refractivity contribution in [3.05, 3.63) is 94.9 Å². The molecule has 3 heterocycles. The fourth-order valence-electron chi connectivity index (χ4n) is 5.72. The molecule has 176 valence electrons. The number of benzene rings is 3. The minimum atomic E-state index is -0.136. The highest BCUT2D eigenvalue weighted by Gasteiger charge is 2.38. The number of carbonyl (C=O) groups excluding carboxylic acids is 1. The normalized spacial score (nSPS) is 18.7. The number of methoxy groups -OCH3 is 1. The van der Waals surface area contributed by atoms with Crippen LogP contribution in [0.3, 0.4) is 0 Å². The second-order valence-electron chi connectivity index (χ2n) is 9.48. The van der Waals surface area contributed by atoms with Gasteiger partial charge in [-0.05, 0) is 52.9 Å². The zero-order valence-corrected chi connectivity index (χ0v) is 19.6. The van der Waals surface area contributed by atoms with Gasteiger partial charge in [0.15, 0.2) is 0 Å². The first-order chi connectivity index (χ1) is 17.1. The Hall–Kier alpha value is -4.06. The van der Waals surface area contributed by atoms with E-state index in [1.54, 1.807) is 13.2 Å². The molecule has 2 aliphatic heterocycles. The van der Waals surface area contributed by atoms with Crippen molar-refractivity contribution in [2.45, 2.75) is 18.9 Å². The molecule has 0 spiro atoms. The van der Waals surface area contributed by atoms with E-state index in [0.717, 1.165) is 23.2 Å². The van der Waals surface area contributed by atoms with Crippen molar-refractivity contribution in [2.75, 3.05) is 25.5 Å². The Morgan fingerprint density at radius 2 is 1.71 bits per heavy atom. The van der Waals surface area contributed by atoms with Crippen LogP contribution in [0.1, 0.15) is 18.0 Å². The van der Waals surface area contributed by atoms with Crippen LogP contribution in [0.15, 0.2) is 83.7 Å². The van der Waals surface area contributed by atoms with Crippen LogP contribution in [-0.2, 0) is 6.54 Å². The number of hydrogen-bond donors (Lipinski definition) is 1. The van der Waals surface area contributed by atoms with Crippen LogP contribution in [0.2, 0.25) is 0 Å². The van der Waals surface area contributed by atoms with Gasteiger partial charge in [-0.1, -0.05) is 48.5 Å². The molecule has 1 saturated heterocycles. The Kier molecular flexibility index (Phi) is 5.29. The topological polar surface area (TPSA) is 63.6 Å². The maximum atomic E-state index is 13.2. The lowest BCUT2D eigenvalue weighted by Crippen LogP contribution is -2.50. The molecular formula is C29H27N3O3. The molecule has 6 rings (SSSR count). The number of likely N-dealkylation sites (tertiary alicyclic amines) is 1. The summed E-state index contributed by atoms with van der Waals surface area (Å²) in [5.74, 6) is 0.976. The third kappa shape index (κ3) is 3.85. The number of para-hydroxylation sites is 2. The lowest BCUT2D eigenvalue weighted by molar-refractivity contribution is 0.140. The Morgan fingerprint density at radius 1 is 0.914 bits per heavy atom. The highest BCUT2D eigenvalue weighted by Crippen LogP contribution is 2.40. The molecule has 1 aromatic heterocycles. The lowest BCUT2D eigenvalue weighted by Gasteiger charge is -2.43. The number of carbonyl (C=O) groups is 1. The van der Waals surface area contributed by atoms with Crippen molar-refractivity contribution < 1.29 is 9.53 Å². The van der Waals surface area contributed by atoms with E-state index in [2.05, 4.69) is 35.6 Å². The number of amides is 2. The Morgan fingerprint density at radius 3 is 2.57 bits per heavy atom. The summed E-state index contributed by atoms with van der Waals surface area (Å²) in [5.41, 5.74) is 3.90. The van der Waals surface area contributed by atoms with Crippen molar-refractivity contribution in [1.29, 1.82) is 0 Å². The van der Waals surface area contributed by atoms with Gasteiger partial charge in [0.05, 0.1) is 12.8 Å². The summed E-state index contributed by atoms with van der Waals surface area (Å²) in [4.78, 5) is 28.0. The number of anilines is 1. The van der Waals surface area contributed by atoms with Crippen molar-refractivity contribution >= 4 is 22.5 Å². The van der Waals surface area contributed by atoms with Crippen LogP contribution in [0.4, 0.5) is 10.5 Å². The summed E-state index contributed by atoms with van der Waals surface area (Å²) in [7, 11) is 1.60. The number of fused-ring (bicyclic) bond motifs is 5. The van der Waals surface area contributed by atoms with Gasteiger partial charge in [0.1, 0.15) is 5.75 Å². The SMILES string of the molecule is COc1ccccc1NC(=O)N1C[C@H]2C[C@H](C1)c1c(-c3ccc4ccccc4c3)ccc(=O)n1C2. The van der Waals surface area contributed by atoms with Gasteiger partial charge in [-0.25, -0.2) is 4.79 Å². The third-order valence-corrected chi connectivity index (χ3v) is 7.29. The number of piperidine rings is 1. The number of pyridine rings is 1. The van der Waals surface area contributed by atoms with E-state index < -0.39 is 0 Å². The standard InChI is InChI=1S/C29H27N3O3/c1-35-26-9-5-4-8-25(26)30-29(34)31-16-19-14-23(18-31)28-24(12-13-27(33)32(28)17-19)22-11-10-20-6-2-3-7-21(20)15-22/h2-13,15,19,23H,14,16-18H2,1H3,(H,30,34)/t19-,23-/m1/s1. The number of ether oxygens (including phenoxy) is 1. The Balaban J connectivity index is 1.34. The van der Waals surface area contributed by atoms with Crippen LogP contribution >= 0.6 is 0 Å². The van der Waals surface area contributed by atoms with Crippen molar-refractivity contribution in [3.8, 4) is 16.9 Å². The monoisotopic (exact) mass is 465 g/mol. The lowest BCUT2D eigenvalue weighted by atomic mass is 9.80. The van der Waals surface area contributed by atoms with E-state index in [0.29, 0.717) is 31.1 Å². The van der Waals surface area contributed by atoms with Gasteiger partial charge in [0, 0.05) is 42.9 Å². The van der Waals surface area contributed by atoms with E-state index in [9.17, 15) is 9.59 Å². The fraction of sp³-hybridized carbons (Fsp3) is 0.241. The zero-order chi connectivity index (χ0) is 23.9. The summed E-state index contributed by atoms with van der Waals surface area (Å²) in [6.45, 7) is 1.83. The summed E-state index contributed by atoms with van der Waals surface area (Å²) in [6, 6.07) is 25.7. The number of nitrogens with one attached hydrogen (secondary N) is 1. The smallest absolute Gasteiger partial charge is 0.321 e. The quantitative estimate of drug-likeness (QED) is 0.445. The molecule has 4 aromatic rings. The molecule has 2 amide bonds. The molecular weight excluding hydrogens is 438 g/mol. The molecule has 6 heteroatoms. The van der Waals surface area contributed by atoms with Gasteiger partial charge in [-0.3, -0.25) is 4.79 Å². The van der Waals surface area contributed by atoms with Crippen LogP contribution in [0.5, 0.6) is 5.75 Å². The number of aromatic nitrogens is 1. The van der Waals surface area contributed by atoms with Crippen LogP contribution in [0, 0.1) is 5.92 Å². The molecule has 1 fully saturated rings. The summed E-state index contributed by atoms with van der Waals surface area (Å²) < 4.78 is 7.34. The van der Waals surface area contributed by atoms with Gasteiger partial charge in [0.25, 0.3) is 5.56 Å². The van der Waals surface area contributed by atoms with E-state index in [1.807, 2.05) is 51.9 Å². The van der Waals surface area contributed by atoms with Gasteiger partial charge in [-0.2, -0.15) is 0 Å². The number of rotatable bonds is 3. The second kappa shape index (κ2) is 8.62. The highest BCUT2D eigenvalue weighted by atomic mass is 16.5. The van der Waals surface area contributed by atoms with Crippen molar-refractivity contribution in [2.24, 2.45) is 5.92 Å². The summed E-state index contributed by atoms with van der Waals surface area (Å²) in [6.07, 6.45) is 0.975. The van der Waals surface area contributed by atoms with Gasteiger partial charge in [-0.15, -0.1) is 0 Å². The second-order valence-corrected chi connectivity index (χ2v) is 9.48. The first-order valence-corrected chi connectivity index (χ1v) is 12.0. The molecule has 0 saturated carbocycles.